The van der Waals surface area contributed by atoms with Crippen LogP contribution in [0.3, 0.4) is 0 Å². The summed E-state index contributed by atoms with van der Waals surface area (Å²) in [7, 11) is 0. The van der Waals surface area contributed by atoms with Crippen LogP contribution < -0.4 is 0 Å². The summed E-state index contributed by atoms with van der Waals surface area (Å²) >= 11 is 1.67. The van der Waals surface area contributed by atoms with E-state index in [2.05, 4.69) is 11.6 Å². The highest BCUT2D eigenvalue weighted by molar-refractivity contribution is 8.07. The molecule has 0 amide bonds. The first-order valence-electron chi connectivity index (χ1n) is 3.39. The smallest absolute Gasteiger partial charge is 0.0303 e. The lowest BCUT2D eigenvalue weighted by Crippen LogP contribution is -1.84. The molecule has 0 unspecified atom stereocenters. The van der Waals surface area contributed by atoms with E-state index < -0.39 is 0 Å². The first kappa shape index (κ1) is 8.34. The van der Waals surface area contributed by atoms with Gasteiger partial charge in [0.05, 0.1) is 0 Å². The van der Waals surface area contributed by atoms with E-state index in [1.54, 1.807) is 18.0 Å². The highest BCUT2D eigenvalue weighted by atomic mass is 32.2. The predicted molar refractivity (Wildman–Crippen MR) is 51.5 cm³/mol. The van der Waals surface area contributed by atoms with Crippen LogP contribution in [0, 0.1) is 6.92 Å². The third kappa shape index (κ3) is 1.84. The van der Waals surface area contributed by atoms with Gasteiger partial charge in [-0.2, -0.15) is 0 Å². The number of aryl methyl sites for hydroxylation is 1. The molecule has 1 rings (SSSR count). The predicted octanol–water partition coefficient (Wildman–Crippen LogP) is 2.72. The van der Waals surface area contributed by atoms with Gasteiger partial charge >= 0.3 is 0 Å². The SMILES string of the molecule is C=C(SC)c1ccncc1C. The Morgan fingerprint density at radius 1 is 1.64 bits per heavy atom. The first-order chi connectivity index (χ1) is 5.25. The molecule has 0 aromatic carbocycles. The summed E-state index contributed by atoms with van der Waals surface area (Å²) in [6.07, 6.45) is 5.68. The zero-order valence-corrected chi connectivity index (χ0v) is 7.61. The zero-order chi connectivity index (χ0) is 8.27. The monoisotopic (exact) mass is 165 g/mol. The van der Waals surface area contributed by atoms with Crippen molar-refractivity contribution in [2.75, 3.05) is 6.26 Å². The fourth-order valence-electron chi connectivity index (χ4n) is 0.896. The summed E-state index contributed by atoms with van der Waals surface area (Å²) in [5.41, 5.74) is 2.39. The Kier molecular flexibility index (Phi) is 2.71. The van der Waals surface area contributed by atoms with Crippen molar-refractivity contribution < 1.29 is 0 Å². The highest BCUT2D eigenvalue weighted by Crippen LogP contribution is 2.24. The van der Waals surface area contributed by atoms with Crippen molar-refractivity contribution >= 4 is 16.7 Å². The number of pyridine rings is 1. The molecule has 2 heteroatoms. The van der Waals surface area contributed by atoms with E-state index in [4.69, 9.17) is 0 Å². The van der Waals surface area contributed by atoms with Crippen molar-refractivity contribution in [2.24, 2.45) is 0 Å². The molecule has 0 aliphatic heterocycles. The van der Waals surface area contributed by atoms with Gasteiger partial charge in [-0.05, 0) is 30.4 Å². The average Bonchev–Trinajstić information content (AvgIpc) is 2.04. The number of hydrogen-bond donors (Lipinski definition) is 0. The average molecular weight is 165 g/mol. The molecule has 1 aromatic rings. The molecular formula is C9H11NS. The van der Waals surface area contributed by atoms with Gasteiger partial charge in [-0.1, -0.05) is 6.58 Å². The van der Waals surface area contributed by atoms with Crippen LogP contribution >= 0.6 is 11.8 Å². The van der Waals surface area contributed by atoms with E-state index in [1.165, 1.54) is 11.1 Å². The van der Waals surface area contributed by atoms with Gasteiger partial charge in [0.25, 0.3) is 0 Å². The molecule has 0 saturated heterocycles. The number of nitrogens with zero attached hydrogens (tertiary/aromatic N) is 1. The maximum atomic E-state index is 4.01. The van der Waals surface area contributed by atoms with Crippen LogP contribution in [-0.2, 0) is 0 Å². The summed E-state index contributed by atoms with van der Waals surface area (Å²) < 4.78 is 0. The Balaban J connectivity index is 3.03. The highest BCUT2D eigenvalue weighted by Gasteiger charge is 1.99. The molecule has 0 aliphatic carbocycles. The second-order valence-corrected chi connectivity index (χ2v) is 3.22. The molecule has 0 saturated carbocycles. The molecule has 1 heterocycles. The Morgan fingerprint density at radius 2 is 2.36 bits per heavy atom. The minimum absolute atomic E-state index is 1.10. The molecule has 0 atom stereocenters. The first-order valence-corrected chi connectivity index (χ1v) is 4.62. The van der Waals surface area contributed by atoms with Crippen LogP contribution in [0.4, 0.5) is 0 Å². The van der Waals surface area contributed by atoms with Gasteiger partial charge in [-0.3, -0.25) is 4.98 Å². The third-order valence-corrected chi connectivity index (χ3v) is 2.28. The van der Waals surface area contributed by atoms with Crippen LogP contribution in [0.1, 0.15) is 11.1 Å². The van der Waals surface area contributed by atoms with E-state index in [1.807, 2.05) is 25.4 Å². The van der Waals surface area contributed by atoms with E-state index in [0.29, 0.717) is 0 Å². The third-order valence-electron chi connectivity index (χ3n) is 1.57. The number of rotatable bonds is 2. The maximum absolute atomic E-state index is 4.01. The van der Waals surface area contributed by atoms with E-state index in [-0.39, 0.29) is 0 Å². The maximum Gasteiger partial charge on any atom is 0.0303 e. The molecular weight excluding hydrogens is 154 g/mol. The van der Waals surface area contributed by atoms with E-state index >= 15 is 0 Å². The standard InChI is InChI=1S/C9H11NS/c1-7-6-10-5-4-9(7)8(2)11-3/h4-6H,2H2,1,3H3. The molecule has 58 valence electrons. The zero-order valence-electron chi connectivity index (χ0n) is 6.79. The van der Waals surface area contributed by atoms with Gasteiger partial charge in [0.15, 0.2) is 0 Å². The van der Waals surface area contributed by atoms with E-state index in [9.17, 15) is 0 Å². The molecule has 0 bridgehead atoms. The van der Waals surface area contributed by atoms with E-state index in [0.717, 1.165) is 4.91 Å². The van der Waals surface area contributed by atoms with Crippen LogP contribution in [0.15, 0.2) is 25.0 Å². The number of aromatic nitrogens is 1. The molecule has 0 fully saturated rings. The Labute approximate surface area is 71.5 Å². The quantitative estimate of drug-likeness (QED) is 0.668. The van der Waals surface area contributed by atoms with Crippen LogP contribution in [-0.4, -0.2) is 11.2 Å². The van der Waals surface area contributed by atoms with Gasteiger partial charge in [0.2, 0.25) is 0 Å². The summed E-state index contributed by atoms with van der Waals surface area (Å²) in [5, 5.41) is 0. The summed E-state index contributed by atoms with van der Waals surface area (Å²) in [6.45, 7) is 5.98. The Bertz CT molecular complexity index is 268. The van der Waals surface area contributed by atoms with Crippen molar-refractivity contribution in [2.45, 2.75) is 6.92 Å². The van der Waals surface area contributed by atoms with Gasteiger partial charge in [-0.25, -0.2) is 0 Å². The minimum Gasteiger partial charge on any atom is -0.264 e. The van der Waals surface area contributed by atoms with Crippen molar-refractivity contribution in [3.05, 3.63) is 36.2 Å². The van der Waals surface area contributed by atoms with Crippen molar-refractivity contribution in [1.29, 1.82) is 0 Å². The van der Waals surface area contributed by atoms with Crippen molar-refractivity contribution in [3.8, 4) is 0 Å². The van der Waals surface area contributed by atoms with Crippen molar-refractivity contribution in [1.82, 2.24) is 4.98 Å². The lowest BCUT2D eigenvalue weighted by atomic mass is 10.1. The number of thioether (sulfide) groups is 1. The normalized spacial score (nSPS) is 9.64. The summed E-state index contributed by atoms with van der Waals surface area (Å²) in [6, 6.07) is 1.99. The fraction of sp³-hybridized carbons (Fsp3) is 0.222. The lowest BCUT2D eigenvalue weighted by molar-refractivity contribution is 1.26. The van der Waals surface area contributed by atoms with Gasteiger partial charge in [-0.15, -0.1) is 11.8 Å². The molecule has 11 heavy (non-hydrogen) atoms. The summed E-state index contributed by atoms with van der Waals surface area (Å²) in [5.74, 6) is 0. The van der Waals surface area contributed by atoms with Crippen LogP contribution in [0.5, 0.6) is 0 Å². The summed E-state index contributed by atoms with van der Waals surface area (Å²) in [4.78, 5) is 5.11. The van der Waals surface area contributed by atoms with Crippen molar-refractivity contribution in [3.63, 3.8) is 0 Å². The van der Waals surface area contributed by atoms with Crippen LogP contribution in [0.2, 0.25) is 0 Å². The topological polar surface area (TPSA) is 12.9 Å². The largest absolute Gasteiger partial charge is 0.264 e. The second-order valence-electron chi connectivity index (χ2n) is 2.32. The molecule has 0 radical (unpaired) electrons. The Morgan fingerprint density at radius 3 is 2.91 bits per heavy atom. The molecule has 0 spiro atoms. The van der Waals surface area contributed by atoms with Gasteiger partial charge in [0, 0.05) is 17.3 Å². The number of hydrogen-bond acceptors (Lipinski definition) is 2. The second kappa shape index (κ2) is 3.58. The minimum atomic E-state index is 1.10. The molecule has 1 aromatic heterocycles. The van der Waals surface area contributed by atoms with Gasteiger partial charge < -0.3 is 0 Å². The lowest BCUT2D eigenvalue weighted by Gasteiger charge is -2.04. The van der Waals surface area contributed by atoms with Crippen LogP contribution in [0.25, 0.3) is 4.91 Å². The molecule has 0 aliphatic rings. The van der Waals surface area contributed by atoms with Gasteiger partial charge in [0.1, 0.15) is 0 Å². The fourth-order valence-corrected chi connectivity index (χ4v) is 1.35. The molecule has 0 N–H and O–H groups in total. The Hall–Kier alpha value is -0.760. The molecule has 1 nitrogen and oxygen atoms in total.